The molecule has 0 radical (unpaired) electrons. The number of benzene rings is 1. The highest BCUT2D eigenvalue weighted by Crippen LogP contribution is 2.13. The molecule has 20 heavy (non-hydrogen) atoms. The van der Waals surface area contributed by atoms with Gasteiger partial charge < -0.3 is 20.8 Å². The Morgan fingerprint density at radius 2 is 2.05 bits per heavy atom. The monoisotopic (exact) mass is 273 g/mol. The molecular formula is C15H19N3O2. The Kier molecular flexibility index (Phi) is 4.79. The van der Waals surface area contributed by atoms with Gasteiger partial charge in [-0.15, -0.1) is 0 Å². The number of hydrogen-bond acceptors (Lipinski definition) is 3. The molecule has 5 heteroatoms. The summed E-state index contributed by atoms with van der Waals surface area (Å²) >= 11 is 0. The van der Waals surface area contributed by atoms with Gasteiger partial charge in [0.15, 0.2) is 0 Å². The number of anilines is 1. The van der Waals surface area contributed by atoms with E-state index in [0.717, 1.165) is 17.0 Å². The van der Waals surface area contributed by atoms with Crippen molar-refractivity contribution in [1.29, 1.82) is 0 Å². The quantitative estimate of drug-likeness (QED) is 0.783. The Morgan fingerprint density at radius 3 is 2.65 bits per heavy atom. The van der Waals surface area contributed by atoms with E-state index in [0.29, 0.717) is 13.0 Å². The Morgan fingerprint density at radius 1 is 1.30 bits per heavy atom. The molecule has 2 amide bonds. The molecule has 0 saturated heterocycles. The second-order valence-electron chi connectivity index (χ2n) is 4.62. The zero-order valence-electron chi connectivity index (χ0n) is 11.4. The van der Waals surface area contributed by atoms with Gasteiger partial charge in [0, 0.05) is 24.7 Å². The second-order valence-corrected chi connectivity index (χ2v) is 4.62. The molecule has 1 unspecified atom stereocenters. The predicted molar refractivity (Wildman–Crippen MR) is 78.5 cm³/mol. The summed E-state index contributed by atoms with van der Waals surface area (Å²) in [6.07, 6.45) is 2.29. The number of urea groups is 1. The third-order valence-electron chi connectivity index (χ3n) is 2.93. The van der Waals surface area contributed by atoms with E-state index in [1.165, 1.54) is 0 Å². The zero-order chi connectivity index (χ0) is 14.4. The molecule has 2 rings (SSSR count). The fourth-order valence-electron chi connectivity index (χ4n) is 1.80. The van der Waals surface area contributed by atoms with Crippen molar-refractivity contribution in [2.24, 2.45) is 5.73 Å². The molecule has 0 spiro atoms. The van der Waals surface area contributed by atoms with E-state index in [1.54, 1.807) is 6.26 Å². The van der Waals surface area contributed by atoms with E-state index in [2.05, 4.69) is 10.6 Å². The summed E-state index contributed by atoms with van der Waals surface area (Å²) in [6.45, 7) is 2.45. The highest BCUT2D eigenvalue weighted by Gasteiger charge is 2.03. The average molecular weight is 273 g/mol. The van der Waals surface area contributed by atoms with Crippen molar-refractivity contribution in [2.45, 2.75) is 19.4 Å². The highest BCUT2D eigenvalue weighted by molar-refractivity contribution is 5.89. The average Bonchev–Trinajstić information content (AvgIpc) is 2.92. The molecule has 0 bridgehead atoms. The van der Waals surface area contributed by atoms with E-state index in [1.807, 2.05) is 43.3 Å². The molecule has 0 aliphatic heterocycles. The van der Waals surface area contributed by atoms with E-state index in [-0.39, 0.29) is 12.1 Å². The lowest BCUT2D eigenvalue weighted by atomic mass is 10.1. The first-order valence-corrected chi connectivity index (χ1v) is 6.58. The van der Waals surface area contributed by atoms with Gasteiger partial charge in [-0.25, -0.2) is 4.79 Å². The number of carbonyl (C=O) groups excluding carboxylic acids is 1. The van der Waals surface area contributed by atoms with Crippen LogP contribution in [0.15, 0.2) is 47.1 Å². The molecule has 1 atom stereocenters. The molecule has 1 aromatic carbocycles. The lowest BCUT2D eigenvalue weighted by molar-refractivity contribution is 0.252. The minimum Gasteiger partial charge on any atom is -0.469 e. The van der Waals surface area contributed by atoms with Gasteiger partial charge >= 0.3 is 6.03 Å². The summed E-state index contributed by atoms with van der Waals surface area (Å²) in [5.41, 5.74) is 7.55. The van der Waals surface area contributed by atoms with Crippen LogP contribution in [0, 0.1) is 0 Å². The van der Waals surface area contributed by atoms with Gasteiger partial charge in [-0.3, -0.25) is 0 Å². The van der Waals surface area contributed by atoms with Crippen LogP contribution in [0.5, 0.6) is 0 Å². The lowest BCUT2D eigenvalue weighted by Crippen LogP contribution is -2.30. The summed E-state index contributed by atoms with van der Waals surface area (Å²) in [7, 11) is 0. The smallest absolute Gasteiger partial charge is 0.319 e. The topological polar surface area (TPSA) is 80.3 Å². The maximum absolute atomic E-state index is 11.7. The Bertz CT molecular complexity index is 533. The minimum atomic E-state index is -0.231. The van der Waals surface area contributed by atoms with Gasteiger partial charge in [-0.1, -0.05) is 12.1 Å². The van der Waals surface area contributed by atoms with E-state index in [4.69, 9.17) is 10.2 Å². The van der Waals surface area contributed by atoms with Crippen LogP contribution in [0.3, 0.4) is 0 Å². The van der Waals surface area contributed by atoms with Crippen LogP contribution in [0.4, 0.5) is 10.5 Å². The summed E-state index contributed by atoms with van der Waals surface area (Å²) in [5.74, 6) is 0.853. The van der Waals surface area contributed by atoms with Crippen molar-refractivity contribution in [1.82, 2.24) is 5.32 Å². The van der Waals surface area contributed by atoms with E-state index in [9.17, 15) is 4.79 Å². The maximum atomic E-state index is 11.7. The second kappa shape index (κ2) is 6.77. The summed E-state index contributed by atoms with van der Waals surface area (Å²) in [6, 6.07) is 11.0. The van der Waals surface area contributed by atoms with Crippen LogP contribution < -0.4 is 16.4 Å². The van der Waals surface area contributed by atoms with Gasteiger partial charge in [0.25, 0.3) is 0 Å². The van der Waals surface area contributed by atoms with Crippen LogP contribution in [0.2, 0.25) is 0 Å². The van der Waals surface area contributed by atoms with E-state index >= 15 is 0 Å². The molecule has 1 aromatic heterocycles. The molecule has 0 saturated carbocycles. The van der Waals surface area contributed by atoms with Gasteiger partial charge in [-0.2, -0.15) is 0 Å². The number of hydrogen-bond donors (Lipinski definition) is 3. The number of rotatable bonds is 5. The lowest BCUT2D eigenvalue weighted by Gasteiger charge is -2.09. The van der Waals surface area contributed by atoms with Crippen molar-refractivity contribution in [3.8, 4) is 0 Å². The fraction of sp³-hybridized carbons (Fsp3) is 0.267. The van der Waals surface area contributed by atoms with Crippen molar-refractivity contribution >= 4 is 11.7 Å². The number of nitrogens with one attached hydrogen (secondary N) is 2. The van der Waals surface area contributed by atoms with Crippen LogP contribution in [0.1, 0.15) is 24.3 Å². The van der Waals surface area contributed by atoms with Gasteiger partial charge in [0.2, 0.25) is 0 Å². The first kappa shape index (κ1) is 14.1. The third kappa shape index (κ3) is 4.13. The summed E-state index contributed by atoms with van der Waals surface area (Å²) in [4.78, 5) is 11.7. The SMILES string of the molecule is CC(N)c1ccc(NC(=O)NCCc2ccco2)cc1. The molecule has 106 valence electrons. The predicted octanol–water partition coefficient (Wildman–Crippen LogP) is 2.66. The number of carbonyl (C=O) groups is 1. The van der Waals surface area contributed by atoms with Crippen molar-refractivity contribution in [3.05, 3.63) is 54.0 Å². The summed E-state index contributed by atoms with van der Waals surface area (Å²) < 4.78 is 5.19. The minimum absolute atomic E-state index is 0.00817. The first-order chi connectivity index (χ1) is 9.65. The first-order valence-electron chi connectivity index (χ1n) is 6.58. The van der Waals surface area contributed by atoms with E-state index < -0.39 is 0 Å². The zero-order valence-corrected chi connectivity index (χ0v) is 11.4. The standard InChI is InChI=1S/C15H19N3O2/c1-11(16)12-4-6-13(7-5-12)18-15(19)17-9-8-14-3-2-10-20-14/h2-7,10-11H,8-9,16H2,1H3,(H2,17,18,19). The Labute approximate surface area is 118 Å². The number of furan rings is 1. The van der Waals surface area contributed by atoms with Crippen LogP contribution in [-0.4, -0.2) is 12.6 Å². The van der Waals surface area contributed by atoms with Crippen LogP contribution in [-0.2, 0) is 6.42 Å². The molecule has 0 aliphatic rings. The molecule has 4 N–H and O–H groups in total. The molecule has 0 aliphatic carbocycles. The molecule has 0 fully saturated rings. The largest absolute Gasteiger partial charge is 0.469 e. The Hall–Kier alpha value is -2.27. The molecule has 5 nitrogen and oxygen atoms in total. The molecule has 1 heterocycles. The number of nitrogens with two attached hydrogens (primary N) is 1. The molecular weight excluding hydrogens is 254 g/mol. The fourth-order valence-corrected chi connectivity index (χ4v) is 1.80. The third-order valence-corrected chi connectivity index (χ3v) is 2.93. The van der Waals surface area contributed by atoms with Crippen LogP contribution >= 0.6 is 0 Å². The van der Waals surface area contributed by atoms with Gasteiger partial charge in [0.05, 0.1) is 6.26 Å². The van der Waals surface area contributed by atoms with Crippen LogP contribution in [0.25, 0.3) is 0 Å². The normalized spacial score (nSPS) is 11.9. The van der Waals surface area contributed by atoms with Crippen molar-refractivity contribution in [3.63, 3.8) is 0 Å². The van der Waals surface area contributed by atoms with Crippen molar-refractivity contribution < 1.29 is 9.21 Å². The Balaban J connectivity index is 1.76. The molecule has 2 aromatic rings. The van der Waals surface area contributed by atoms with Gasteiger partial charge in [0.1, 0.15) is 5.76 Å². The number of amides is 2. The van der Waals surface area contributed by atoms with Gasteiger partial charge in [-0.05, 0) is 36.8 Å². The highest BCUT2D eigenvalue weighted by atomic mass is 16.3. The maximum Gasteiger partial charge on any atom is 0.319 e. The van der Waals surface area contributed by atoms with Crippen molar-refractivity contribution in [2.75, 3.05) is 11.9 Å². The summed E-state index contributed by atoms with van der Waals surface area (Å²) in [5, 5.41) is 5.54.